The van der Waals surface area contributed by atoms with E-state index in [-0.39, 0.29) is 5.54 Å². The normalized spacial score (nSPS) is 23.8. The topological polar surface area (TPSA) is 15.3 Å². The first-order valence-electron chi connectivity index (χ1n) is 5.73. The van der Waals surface area contributed by atoms with Gasteiger partial charge in [-0.3, -0.25) is 0 Å². The first-order chi connectivity index (χ1) is 7.53. The molecule has 2 rings (SSSR count). The fourth-order valence-electron chi connectivity index (χ4n) is 2.51. The van der Waals surface area contributed by atoms with Crippen LogP contribution >= 0.6 is 15.9 Å². The molecule has 0 amide bonds. The second kappa shape index (κ2) is 4.38. The Morgan fingerprint density at radius 3 is 2.44 bits per heavy atom. The van der Waals surface area contributed by atoms with E-state index in [2.05, 4.69) is 64.3 Å². The van der Waals surface area contributed by atoms with Crippen molar-refractivity contribution in [2.24, 2.45) is 0 Å². The zero-order chi connectivity index (χ0) is 11.8. The summed E-state index contributed by atoms with van der Waals surface area (Å²) in [7, 11) is 2.05. The van der Waals surface area contributed by atoms with E-state index in [1.54, 1.807) is 0 Å². The second-order valence-corrected chi connectivity index (χ2v) is 6.00. The SMILES string of the molecule is CNC1CN(c2ccc(Br)cc2)C(C)(C)C1. The minimum absolute atomic E-state index is 0.238. The largest absolute Gasteiger partial charge is 0.365 e. The summed E-state index contributed by atoms with van der Waals surface area (Å²) in [5.74, 6) is 0. The quantitative estimate of drug-likeness (QED) is 0.897. The van der Waals surface area contributed by atoms with E-state index in [1.807, 2.05) is 7.05 Å². The molecule has 1 aliphatic rings. The number of rotatable bonds is 2. The van der Waals surface area contributed by atoms with E-state index in [1.165, 1.54) is 12.1 Å². The molecule has 1 saturated heterocycles. The van der Waals surface area contributed by atoms with Crippen LogP contribution < -0.4 is 10.2 Å². The molecular formula is C13H19BrN2. The average Bonchev–Trinajstić information content (AvgIpc) is 2.55. The molecule has 0 radical (unpaired) electrons. The maximum absolute atomic E-state index is 3.48. The molecule has 1 atom stereocenters. The Kier molecular flexibility index (Phi) is 3.27. The van der Waals surface area contributed by atoms with E-state index < -0.39 is 0 Å². The highest BCUT2D eigenvalue weighted by atomic mass is 79.9. The number of nitrogens with zero attached hydrogens (tertiary/aromatic N) is 1. The summed E-state index contributed by atoms with van der Waals surface area (Å²) in [6.45, 7) is 5.71. The predicted molar refractivity (Wildman–Crippen MR) is 73.0 cm³/mol. The second-order valence-electron chi connectivity index (χ2n) is 5.09. The Morgan fingerprint density at radius 1 is 1.31 bits per heavy atom. The lowest BCUT2D eigenvalue weighted by Crippen LogP contribution is -2.38. The summed E-state index contributed by atoms with van der Waals surface area (Å²) in [4.78, 5) is 2.49. The Bertz CT molecular complexity index is 359. The highest BCUT2D eigenvalue weighted by Gasteiger charge is 2.37. The molecule has 2 nitrogen and oxygen atoms in total. The summed E-state index contributed by atoms with van der Waals surface area (Å²) in [5.41, 5.74) is 1.55. The van der Waals surface area contributed by atoms with Gasteiger partial charge in [0.2, 0.25) is 0 Å². The number of nitrogens with one attached hydrogen (secondary N) is 1. The van der Waals surface area contributed by atoms with Crippen molar-refractivity contribution in [1.82, 2.24) is 5.32 Å². The highest BCUT2D eigenvalue weighted by Crippen LogP contribution is 2.34. The zero-order valence-electron chi connectivity index (χ0n) is 10.1. The molecule has 0 bridgehead atoms. The third-order valence-corrected chi connectivity index (χ3v) is 3.95. The van der Waals surface area contributed by atoms with Gasteiger partial charge in [0, 0.05) is 28.3 Å². The van der Waals surface area contributed by atoms with Gasteiger partial charge in [-0.2, -0.15) is 0 Å². The summed E-state index contributed by atoms with van der Waals surface area (Å²) in [6.07, 6.45) is 1.19. The van der Waals surface area contributed by atoms with Gasteiger partial charge in [0.1, 0.15) is 0 Å². The standard InChI is InChI=1S/C13H19BrN2/c1-13(2)8-11(15-3)9-16(13)12-6-4-10(14)5-7-12/h4-7,11,15H,8-9H2,1-3H3. The number of anilines is 1. The molecule has 0 spiro atoms. The van der Waals surface area contributed by atoms with Crippen LogP contribution in [0.25, 0.3) is 0 Å². The first-order valence-corrected chi connectivity index (χ1v) is 6.53. The predicted octanol–water partition coefficient (Wildman–Crippen LogP) is 3.03. The van der Waals surface area contributed by atoms with Crippen LogP contribution in [0, 0.1) is 0 Å². The molecule has 3 heteroatoms. The van der Waals surface area contributed by atoms with Crippen molar-refractivity contribution in [3.8, 4) is 0 Å². The van der Waals surface area contributed by atoms with Crippen molar-refractivity contribution in [1.29, 1.82) is 0 Å². The summed E-state index contributed by atoms with van der Waals surface area (Å²) < 4.78 is 1.14. The molecule has 1 fully saturated rings. The molecule has 0 aromatic heterocycles. The van der Waals surface area contributed by atoms with Gasteiger partial charge in [0.05, 0.1) is 0 Å². The smallest absolute Gasteiger partial charge is 0.0371 e. The highest BCUT2D eigenvalue weighted by molar-refractivity contribution is 9.10. The molecule has 16 heavy (non-hydrogen) atoms. The summed E-state index contributed by atoms with van der Waals surface area (Å²) >= 11 is 3.48. The third kappa shape index (κ3) is 2.25. The number of hydrogen-bond donors (Lipinski definition) is 1. The number of hydrogen-bond acceptors (Lipinski definition) is 2. The zero-order valence-corrected chi connectivity index (χ0v) is 11.7. The van der Waals surface area contributed by atoms with Crippen molar-refractivity contribution in [2.75, 3.05) is 18.5 Å². The van der Waals surface area contributed by atoms with Crippen LogP contribution in [0.15, 0.2) is 28.7 Å². The van der Waals surface area contributed by atoms with Crippen LogP contribution in [-0.2, 0) is 0 Å². The maximum atomic E-state index is 3.48. The minimum Gasteiger partial charge on any atom is -0.365 e. The van der Waals surface area contributed by atoms with E-state index in [4.69, 9.17) is 0 Å². The Balaban J connectivity index is 2.23. The third-order valence-electron chi connectivity index (χ3n) is 3.43. The average molecular weight is 283 g/mol. The fourth-order valence-corrected chi connectivity index (χ4v) is 2.78. The molecule has 1 aliphatic heterocycles. The van der Waals surface area contributed by atoms with Gasteiger partial charge in [-0.1, -0.05) is 15.9 Å². The molecule has 0 saturated carbocycles. The van der Waals surface area contributed by atoms with E-state index in [0.29, 0.717) is 6.04 Å². The van der Waals surface area contributed by atoms with Crippen LogP contribution in [0.4, 0.5) is 5.69 Å². The van der Waals surface area contributed by atoms with Crippen LogP contribution in [0.5, 0.6) is 0 Å². The molecule has 1 aromatic carbocycles. The van der Waals surface area contributed by atoms with Crippen LogP contribution in [0.2, 0.25) is 0 Å². The van der Waals surface area contributed by atoms with Gasteiger partial charge in [0.25, 0.3) is 0 Å². The minimum atomic E-state index is 0.238. The van der Waals surface area contributed by atoms with Crippen LogP contribution in [-0.4, -0.2) is 25.2 Å². The van der Waals surface area contributed by atoms with Crippen molar-refractivity contribution in [3.63, 3.8) is 0 Å². The fraction of sp³-hybridized carbons (Fsp3) is 0.538. The monoisotopic (exact) mass is 282 g/mol. The van der Waals surface area contributed by atoms with Gasteiger partial charge in [-0.25, -0.2) is 0 Å². The van der Waals surface area contributed by atoms with Gasteiger partial charge < -0.3 is 10.2 Å². The number of benzene rings is 1. The van der Waals surface area contributed by atoms with Gasteiger partial charge in [-0.05, 0) is 51.6 Å². The molecule has 1 aromatic rings. The maximum Gasteiger partial charge on any atom is 0.0371 e. The first kappa shape index (κ1) is 11.9. The molecule has 88 valence electrons. The lowest BCUT2D eigenvalue weighted by Gasteiger charge is -2.33. The number of likely N-dealkylation sites (N-methyl/N-ethyl adjacent to an activating group) is 1. The molecular weight excluding hydrogens is 264 g/mol. The van der Waals surface area contributed by atoms with Crippen molar-refractivity contribution >= 4 is 21.6 Å². The summed E-state index contributed by atoms with van der Waals surface area (Å²) in [6, 6.07) is 9.18. The number of halogens is 1. The van der Waals surface area contributed by atoms with Gasteiger partial charge in [-0.15, -0.1) is 0 Å². The Morgan fingerprint density at radius 2 is 1.94 bits per heavy atom. The van der Waals surface area contributed by atoms with Crippen molar-refractivity contribution in [3.05, 3.63) is 28.7 Å². The Labute approximate surface area is 106 Å². The van der Waals surface area contributed by atoms with Gasteiger partial charge >= 0.3 is 0 Å². The van der Waals surface area contributed by atoms with E-state index in [0.717, 1.165) is 11.0 Å². The Hall–Kier alpha value is -0.540. The molecule has 1 N–H and O–H groups in total. The van der Waals surface area contributed by atoms with Gasteiger partial charge in [0.15, 0.2) is 0 Å². The lowest BCUT2D eigenvalue weighted by atomic mass is 10.00. The lowest BCUT2D eigenvalue weighted by molar-refractivity contribution is 0.487. The van der Waals surface area contributed by atoms with Crippen LogP contribution in [0.1, 0.15) is 20.3 Å². The van der Waals surface area contributed by atoms with Crippen molar-refractivity contribution < 1.29 is 0 Å². The van der Waals surface area contributed by atoms with Crippen LogP contribution in [0.3, 0.4) is 0 Å². The molecule has 1 heterocycles. The molecule has 1 unspecified atom stereocenters. The van der Waals surface area contributed by atoms with E-state index >= 15 is 0 Å². The van der Waals surface area contributed by atoms with Crippen molar-refractivity contribution in [2.45, 2.75) is 31.8 Å². The summed E-state index contributed by atoms with van der Waals surface area (Å²) in [5, 5.41) is 3.38. The van der Waals surface area contributed by atoms with E-state index in [9.17, 15) is 0 Å². The molecule has 0 aliphatic carbocycles.